The van der Waals surface area contributed by atoms with Gasteiger partial charge in [-0.2, -0.15) is 0 Å². The van der Waals surface area contributed by atoms with Gasteiger partial charge in [0.15, 0.2) is 0 Å². The molecule has 5 nitrogen and oxygen atoms in total. The first-order valence-electron chi connectivity index (χ1n) is 7.34. The van der Waals surface area contributed by atoms with Crippen LogP contribution in [0.1, 0.15) is 48.7 Å². The number of hydrogen-bond acceptors (Lipinski definition) is 5. The van der Waals surface area contributed by atoms with Crippen LogP contribution in [0.3, 0.4) is 0 Å². The summed E-state index contributed by atoms with van der Waals surface area (Å²) >= 11 is 0. The molecule has 1 aromatic rings. The van der Waals surface area contributed by atoms with E-state index in [4.69, 9.17) is 14.3 Å². The first-order chi connectivity index (χ1) is 9.76. The van der Waals surface area contributed by atoms with Crippen LogP contribution in [-0.2, 0) is 11.3 Å². The molecule has 0 amide bonds. The smallest absolute Gasteiger partial charge is 0.341 e. The van der Waals surface area contributed by atoms with Gasteiger partial charge in [0.1, 0.15) is 11.3 Å². The van der Waals surface area contributed by atoms with Crippen LogP contribution in [-0.4, -0.2) is 41.8 Å². The van der Waals surface area contributed by atoms with Gasteiger partial charge >= 0.3 is 5.97 Å². The van der Waals surface area contributed by atoms with Crippen molar-refractivity contribution < 1.29 is 19.1 Å². The van der Waals surface area contributed by atoms with Crippen LogP contribution >= 0.6 is 0 Å². The fourth-order valence-electron chi connectivity index (χ4n) is 2.80. The third-order valence-electron chi connectivity index (χ3n) is 3.78. The molecule has 5 heteroatoms. The van der Waals surface area contributed by atoms with Crippen molar-refractivity contribution in [3.05, 3.63) is 23.7 Å². The van der Waals surface area contributed by atoms with Crippen molar-refractivity contribution in [1.29, 1.82) is 0 Å². The summed E-state index contributed by atoms with van der Waals surface area (Å²) in [6, 6.07) is 2.15. The van der Waals surface area contributed by atoms with Gasteiger partial charge in [-0.25, -0.2) is 4.79 Å². The van der Waals surface area contributed by atoms with Crippen molar-refractivity contribution in [3.8, 4) is 0 Å². The Labute approximate surface area is 119 Å². The van der Waals surface area contributed by atoms with E-state index in [0.29, 0.717) is 30.5 Å². The highest BCUT2D eigenvalue weighted by molar-refractivity contribution is 5.90. The molecular weight excluding hydrogens is 258 g/mol. The minimum Gasteiger partial charge on any atom is -0.467 e. The number of rotatable bonds is 7. The Hall–Kier alpha value is -1.33. The zero-order chi connectivity index (χ0) is 14.4. The maximum Gasteiger partial charge on any atom is 0.341 e. The van der Waals surface area contributed by atoms with Gasteiger partial charge in [-0.1, -0.05) is 0 Å². The van der Waals surface area contributed by atoms with Crippen LogP contribution in [0.4, 0.5) is 0 Å². The Kier molecular flexibility index (Phi) is 5.61. The highest BCUT2D eigenvalue weighted by Gasteiger charge is 2.27. The summed E-state index contributed by atoms with van der Waals surface area (Å²) in [6.07, 6.45) is 5.66. The SMILES string of the molecule is CCOC(=O)c1ccoc1CN1CCCC1CCCO. The standard InChI is InChI=1S/C15H23NO4/c1-2-19-15(18)13-7-10-20-14(13)11-16-8-3-5-12(16)6-4-9-17/h7,10,12,17H,2-6,8-9,11H2,1H3. The van der Waals surface area contributed by atoms with E-state index in [1.54, 1.807) is 19.3 Å². The average Bonchev–Trinajstić information content (AvgIpc) is 3.06. The molecule has 0 radical (unpaired) electrons. The highest BCUT2D eigenvalue weighted by atomic mass is 16.5. The lowest BCUT2D eigenvalue weighted by Crippen LogP contribution is -2.29. The maximum atomic E-state index is 11.8. The van der Waals surface area contributed by atoms with Crippen molar-refractivity contribution in [1.82, 2.24) is 4.90 Å². The molecule has 1 unspecified atom stereocenters. The van der Waals surface area contributed by atoms with Gasteiger partial charge in [-0.15, -0.1) is 0 Å². The molecular formula is C15H23NO4. The quantitative estimate of drug-likeness (QED) is 0.776. The molecule has 112 valence electrons. The van der Waals surface area contributed by atoms with Crippen LogP contribution in [0.15, 0.2) is 16.7 Å². The lowest BCUT2D eigenvalue weighted by Gasteiger charge is -2.23. The summed E-state index contributed by atoms with van der Waals surface area (Å²) in [4.78, 5) is 14.2. The summed E-state index contributed by atoms with van der Waals surface area (Å²) in [6.45, 7) is 4.05. The van der Waals surface area contributed by atoms with E-state index in [0.717, 1.165) is 32.2 Å². The van der Waals surface area contributed by atoms with Gasteiger partial charge in [0.05, 0.1) is 19.4 Å². The highest BCUT2D eigenvalue weighted by Crippen LogP contribution is 2.25. The van der Waals surface area contributed by atoms with Gasteiger partial charge < -0.3 is 14.3 Å². The van der Waals surface area contributed by atoms with E-state index in [-0.39, 0.29) is 12.6 Å². The summed E-state index contributed by atoms with van der Waals surface area (Å²) in [7, 11) is 0. The molecule has 1 aliphatic rings. The fraction of sp³-hybridized carbons (Fsp3) is 0.667. The second-order valence-electron chi connectivity index (χ2n) is 5.11. The van der Waals surface area contributed by atoms with Crippen molar-refractivity contribution >= 4 is 5.97 Å². The molecule has 1 aromatic heterocycles. The molecule has 0 spiro atoms. The number of carbonyl (C=O) groups is 1. The third kappa shape index (κ3) is 3.61. The maximum absolute atomic E-state index is 11.8. The number of carbonyl (C=O) groups excluding carboxylic acids is 1. The number of aliphatic hydroxyl groups excluding tert-OH is 1. The third-order valence-corrected chi connectivity index (χ3v) is 3.78. The Morgan fingerprint density at radius 1 is 1.60 bits per heavy atom. The molecule has 0 bridgehead atoms. The zero-order valence-electron chi connectivity index (χ0n) is 12.0. The van der Waals surface area contributed by atoms with Gasteiger partial charge in [0.25, 0.3) is 0 Å². The van der Waals surface area contributed by atoms with Crippen molar-refractivity contribution in [2.24, 2.45) is 0 Å². The first-order valence-corrected chi connectivity index (χ1v) is 7.34. The molecule has 0 saturated carbocycles. The Bertz CT molecular complexity index is 429. The summed E-state index contributed by atoms with van der Waals surface area (Å²) in [5.41, 5.74) is 0.527. The first kappa shape index (κ1) is 15.1. The van der Waals surface area contributed by atoms with Gasteiger partial charge in [-0.05, 0) is 45.2 Å². The predicted octanol–water partition coefficient (Wildman–Crippen LogP) is 2.19. The number of esters is 1. The molecule has 0 aliphatic carbocycles. The molecule has 2 heterocycles. The second-order valence-corrected chi connectivity index (χ2v) is 5.11. The second kappa shape index (κ2) is 7.45. The van der Waals surface area contributed by atoms with Crippen LogP contribution < -0.4 is 0 Å². The number of nitrogens with zero attached hydrogens (tertiary/aromatic N) is 1. The fourth-order valence-corrected chi connectivity index (χ4v) is 2.80. The van der Waals surface area contributed by atoms with Gasteiger partial charge in [-0.3, -0.25) is 4.90 Å². The summed E-state index contributed by atoms with van der Waals surface area (Å²) in [5, 5.41) is 8.95. The van der Waals surface area contributed by atoms with Crippen LogP contribution in [0.25, 0.3) is 0 Å². The zero-order valence-corrected chi connectivity index (χ0v) is 12.0. The van der Waals surface area contributed by atoms with E-state index in [2.05, 4.69) is 4.90 Å². The minimum absolute atomic E-state index is 0.235. The largest absolute Gasteiger partial charge is 0.467 e. The van der Waals surface area contributed by atoms with Crippen molar-refractivity contribution in [2.75, 3.05) is 19.8 Å². The van der Waals surface area contributed by atoms with E-state index in [1.165, 1.54) is 0 Å². The molecule has 1 aliphatic heterocycles. The lowest BCUT2D eigenvalue weighted by atomic mass is 10.1. The number of ether oxygens (including phenoxy) is 1. The molecule has 0 aromatic carbocycles. The van der Waals surface area contributed by atoms with Gasteiger partial charge in [0, 0.05) is 12.6 Å². The molecule has 1 fully saturated rings. The lowest BCUT2D eigenvalue weighted by molar-refractivity contribution is 0.0521. The Balaban J connectivity index is 1.99. The Morgan fingerprint density at radius 3 is 3.20 bits per heavy atom. The molecule has 1 N–H and O–H groups in total. The minimum atomic E-state index is -0.317. The number of likely N-dealkylation sites (tertiary alicyclic amines) is 1. The van der Waals surface area contributed by atoms with E-state index in [9.17, 15) is 4.79 Å². The summed E-state index contributed by atoms with van der Waals surface area (Å²) < 4.78 is 10.5. The molecule has 1 saturated heterocycles. The van der Waals surface area contributed by atoms with E-state index < -0.39 is 0 Å². The number of hydrogen-bond donors (Lipinski definition) is 1. The Morgan fingerprint density at radius 2 is 2.45 bits per heavy atom. The van der Waals surface area contributed by atoms with Crippen LogP contribution in [0, 0.1) is 0 Å². The van der Waals surface area contributed by atoms with E-state index in [1.807, 2.05) is 0 Å². The normalized spacial score (nSPS) is 19.4. The molecule has 2 rings (SSSR count). The van der Waals surface area contributed by atoms with Crippen LogP contribution in [0.2, 0.25) is 0 Å². The monoisotopic (exact) mass is 281 g/mol. The topological polar surface area (TPSA) is 62.9 Å². The molecule has 1 atom stereocenters. The summed E-state index contributed by atoms with van der Waals surface area (Å²) in [5.74, 6) is 0.363. The van der Waals surface area contributed by atoms with Gasteiger partial charge in [0.2, 0.25) is 0 Å². The predicted molar refractivity (Wildman–Crippen MR) is 74.4 cm³/mol. The average molecular weight is 281 g/mol. The van der Waals surface area contributed by atoms with E-state index >= 15 is 0 Å². The number of aliphatic hydroxyl groups is 1. The molecule has 20 heavy (non-hydrogen) atoms. The van der Waals surface area contributed by atoms with Crippen molar-refractivity contribution in [3.63, 3.8) is 0 Å². The van der Waals surface area contributed by atoms with Crippen LogP contribution in [0.5, 0.6) is 0 Å². The number of furan rings is 1. The van der Waals surface area contributed by atoms with Crippen molar-refractivity contribution in [2.45, 2.75) is 45.2 Å².